The molecule has 0 aromatic heterocycles. The Bertz CT molecular complexity index is 146. The highest BCUT2D eigenvalue weighted by molar-refractivity contribution is 4.91. The van der Waals surface area contributed by atoms with Gasteiger partial charge in [-0.15, -0.1) is 0 Å². The van der Waals surface area contributed by atoms with Crippen LogP contribution in [-0.2, 0) is 0 Å². The van der Waals surface area contributed by atoms with E-state index in [0.717, 1.165) is 18.0 Å². The maximum absolute atomic E-state index is 3.71. The second kappa shape index (κ2) is 3.35. The number of nitrogens with one attached hydrogen (secondary N) is 1. The van der Waals surface area contributed by atoms with Crippen molar-refractivity contribution in [3.63, 3.8) is 0 Å². The number of nitrogens with zero attached hydrogens (tertiary/aromatic N) is 1. The van der Waals surface area contributed by atoms with E-state index in [0.29, 0.717) is 0 Å². The van der Waals surface area contributed by atoms with Crippen LogP contribution in [0, 0.1) is 5.92 Å². The van der Waals surface area contributed by atoms with Crippen molar-refractivity contribution < 1.29 is 0 Å². The Balaban J connectivity index is 1.58. The zero-order chi connectivity index (χ0) is 8.55. The average molecular weight is 168 g/mol. The molecule has 0 bridgehead atoms. The first-order valence-corrected chi connectivity index (χ1v) is 5.26. The first-order chi connectivity index (χ1) is 5.78. The average Bonchev–Trinajstić information content (AvgIpc) is 1.91. The molecule has 0 atom stereocenters. The lowest BCUT2D eigenvalue weighted by Gasteiger charge is -2.44. The summed E-state index contributed by atoms with van der Waals surface area (Å²) in [6, 6.07) is 1.66. The van der Waals surface area contributed by atoms with Gasteiger partial charge in [-0.1, -0.05) is 13.8 Å². The number of likely N-dealkylation sites (N-methyl/N-ethyl adjacent to an activating group) is 1. The van der Waals surface area contributed by atoms with Crippen LogP contribution in [0.3, 0.4) is 0 Å². The minimum atomic E-state index is 0.808. The van der Waals surface area contributed by atoms with Crippen LogP contribution in [0.25, 0.3) is 0 Å². The molecule has 0 aromatic carbocycles. The zero-order valence-corrected chi connectivity index (χ0v) is 8.21. The second-order valence-electron chi connectivity index (χ2n) is 4.49. The molecule has 0 unspecified atom stereocenters. The molecule has 2 aliphatic rings. The molecule has 2 rings (SSSR count). The molecule has 1 saturated carbocycles. The molecular formula is C10H20N2. The smallest absolute Gasteiger partial charge is 0.0325 e. The van der Waals surface area contributed by atoms with E-state index in [-0.39, 0.29) is 0 Å². The topological polar surface area (TPSA) is 15.3 Å². The summed E-state index contributed by atoms with van der Waals surface area (Å²) in [7, 11) is 0. The second-order valence-corrected chi connectivity index (χ2v) is 4.49. The maximum Gasteiger partial charge on any atom is 0.0325 e. The van der Waals surface area contributed by atoms with E-state index in [9.17, 15) is 0 Å². The molecule has 0 radical (unpaired) electrons. The van der Waals surface area contributed by atoms with Gasteiger partial charge >= 0.3 is 0 Å². The van der Waals surface area contributed by atoms with E-state index in [2.05, 4.69) is 24.1 Å². The molecule has 1 saturated heterocycles. The number of likely N-dealkylation sites (tertiary alicyclic amines) is 1. The lowest BCUT2D eigenvalue weighted by molar-refractivity contribution is 0.101. The molecule has 1 aliphatic heterocycles. The highest BCUT2D eigenvalue weighted by Gasteiger charge is 2.31. The Kier molecular flexibility index (Phi) is 2.37. The standard InChI is InChI=1S/C10H20N2/c1-3-12-6-10(7-12)11-9-4-8(2)5-9/h8-11H,3-7H2,1-2H3. The molecule has 1 N–H and O–H groups in total. The molecule has 0 spiro atoms. The van der Waals surface area contributed by atoms with Gasteiger partial charge in [0.25, 0.3) is 0 Å². The van der Waals surface area contributed by atoms with Gasteiger partial charge in [0.2, 0.25) is 0 Å². The van der Waals surface area contributed by atoms with Crippen molar-refractivity contribution in [3.8, 4) is 0 Å². The molecule has 70 valence electrons. The van der Waals surface area contributed by atoms with E-state index in [1.807, 2.05) is 0 Å². The van der Waals surface area contributed by atoms with E-state index >= 15 is 0 Å². The van der Waals surface area contributed by atoms with Gasteiger partial charge < -0.3 is 10.2 Å². The van der Waals surface area contributed by atoms with Crippen molar-refractivity contribution in [2.75, 3.05) is 19.6 Å². The van der Waals surface area contributed by atoms with Gasteiger partial charge in [0.05, 0.1) is 0 Å². The van der Waals surface area contributed by atoms with Crippen molar-refractivity contribution in [3.05, 3.63) is 0 Å². The highest BCUT2D eigenvalue weighted by atomic mass is 15.2. The quantitative estimate of drug-likeness (QED) is 0.678. The van der Waals surface area contributed by atoms with Gasteiger partial charge in [-0.05, 0) is 25.3 Å². The summed E-state index contributed by atoms with van der Waals surface area (Å²) < 4.78 is 0. The molecule has 2 nitrogen and oxygen atoms in total. The molecule has 2 heteroatoms. The fraction of sp³-hybridized carbons (Fsp3) is 1.00. The van der Waals surface area contributed by atoms with Crippen LogP contribution in [0.15, 0.2) is 0 Å². The van der Waals surface area contributed by atoms with Crippen LogP contribution in [0.4, 0.5) is 0 Å². The summed E-state index contributed by atoms with van der Waals surface area (Å²) in [4.78, 5) is 2.49. The van der Waals surface area contributed by atoms with Gasteiger partial charge in [0.15, 0.2) is 0 Å². The summed E-state index contributed by atoms with van der Waals surface area (Å²) in [5, 5.41) is 3.71. The Morgan fingerprint density at radius 3 is 2.42 bits per heavy atom. The fourth-order valence-corrected chi connectivity index (χ4v) is 2.31. The first kappa shape index (κ1) is 8.52. The maximum atomic E-state index is 3.71. The van der Waals surface area contributed by atoms with E-state index in [1.165, 1.54) is 32.5 Å². The number of rotatable bonds is 3. The van der Waals surface area contributed by atoms with E-state index < -0.39 is 0 Å². The molecule has 0 aromatic rings. The lowest BCUT2D eigenvalue weighted by atomic mass is 9.81. The van der Waals surface area contributed by atoms with Gasteiger partial charge in [0.1, 0.15) is 0 Å². The molecule has 12 heavy (non-hydrogen) atoms. The monoisotopic (exact) mass is 168 g/mol. The van der Waals surface area contributed by atoms with Gasteiger partial charge in [-0.25, -0.2) is 0 Å². The third kappa shape index (κ3) is 1.64. The van der Waals surface area contributed by atoms with Crippen LogP contribution in [-0.4, -0.2) is 36.6 Å². The Labute approximate surface area is 75.3 Å². The Morgan fingerprint density at radius 1 is 1.25 bits per heavy atom. The third-order valence-corrected chi connectivity index (χ3v) is 3.25. The van der Waals surface area contributed by atoms with E-state index in [1.54, 1.807) is 0 Å². The molecule has 0 amide bonds. The molecule has 1 heterocycles. The summed E-state index contributed by atoms with van der Waals surface area (Å²) in [5.41, 5.74) is 0. The fourth-order valence-electron chi connectivity index (χ4n) is 2.31. The largest absolute Gasteiger partial charge is 0.309 e. The van der Waals surface area contributed by atoms with Gasteiger partial charge in [0, 0.05) is 25.2 Å². The minimum absolute atomic E-state index is 0.808. The summed E-state index contributed by atoms with van der Waals surface area (Å²) in [6.45, 7) is 8.36. The molecular weight excluding hydrogens is 148 g/mol. The SMILES string of the molecule is CCN1CC(NC2CC(C)C2)C1. The molecule has 1 aliphatic carbocycles. The lowest BCUT2D eigenvalue weighted by Crippen LogP contribution is -2.61. The summed E-state index contributed by atoms with van der Waals surface area (Å²) in [5.74, 6) is 0.977. The van der Waals surface area contributed by atoms with E-state index in [4.69, 9.17) is 0 Å². The van der Waals surface area contributed by atoms with Gasteiger partial charge in [-0.3, -0.25) is 0 Å². The highest BCUT2D eigenvalue weighted by Crippen LogP contribution is 2.27. The summed E-state index contributed by atoms with van der Waals surface area (Å²) >= 11 is 0. The van der Waals surface area contributed by atoms with Crippen LogP contribution >= 0.6 is 0 Å². The third-order valence-electron chi connectivity index (χ3n) is 3.25. The normalized spacial score (nSPS) is 37.5. The van der Waals surface area contributed by atoms with Crippen LogP contribution in [0.5, 0.6) is 0 Å². The Morgan fingerprint density at radius 2 is 1.92 bits per heavy atom. The minimum Gasteiger partial charge on any atom is -0.309 e. The van der Waals surface area contributed by atoms with Crippen LogP contribution in [0.1, 0.15) is 26.7 Å². The molecule has 2 fully saturated rings. The van der Waals surface area contributed by atoms with Crippen LogP contribution in [0.2, 0.25) is 0 Å². The number of hydrogen-bond donors (Lipinski definition) is 1. The van der Waals surface area contributed by atoms with Crippen molar-refractivity contribution in [1.29, 1.82) is 0 Å². The number of hydrogen-bond acceptors (Lipinski definition) is 2. The van der Waals surface area contributed by atoms with Gasteiger partial charge in [-0.2, -0.15) is 0 Å². The van der Waals surface area contributed by atoms with Crippen molar-refractivity contribution in [2.24, 2.45) is 5.92 Å². The zero-order valence-electron chi connectivity index (χ0n) is 8.21. The summed E-state index contributed by atoms with van der Waals surface area (Å²) in [6.07, 6.45) is 2.81. The Hall–Kier alpha value is -0.0800. The van der Waals surface area contributed by atoms with Crippen molar-refractivity contribution in [1.82, 2.24) is 10.2 Å². The van der Waals surface area contributed by atoms with Crippen molar-refractivity contribution in [2.45, 2.75) is 38.8 Å². The van der Waals surface area contributed by atoms with Crippen molar-refractivity contribution >= 4 is 0 Å². The predicted octanol–water partition coefficient (Wildman–Crippen LogP) is 1.08. The first-order valence-electron chi connectivity index (χ1n) is 5.26. The predicted molar refractivity (Wildman–Crippen MR) is 51.2 cm³/mol. The van der Waals surface area contributed by atoms with Crippen LogP contribution < -0.4 is 5.32 Å².